The van der Waals surface area contributed by atoms with Crippen molar-refractivity contribution in [1.82, 2.24) is 4.98 Å². The lowest BCUT2D eigenvalue weighted by molar-refractivity contribution is -0.137. The highest BCUT2D eigenvalue weighted by Crippen LogP contribution is 2.31. The Bertz CT molecular complexity index is 1210. The standard InChI is InChI=1S/C24H17F3N2OS/c1-15-4-2-3-5-20(15)23-29-21(14-31-23)16-8-12-19(13-9-16)28-22(30)17-6-10-18(11-7-17)24(25,26)27/h2-14H,1H3,(H,28,30). The summed E-state index contributed by atoms with van der Waals surface area (Å²) in [5.74, 6) is -0.475. The molecule has 1 heterocycles. The van der Waals surface area contributed by atoms with Crippen LogP contribution in [-0.4, -0.2) is 10.9 Å². The molecule has 156 valence electrons. The van der Waals surface area contributed by atoms with Gasteiger partial charge in [0.1, 0.15) is 5.01 Å². The number of aromatic nitrogens is 1. The Kier molecular flexibility index (Phi) is 5.61. The minimum absolute atomic E-state index is 0.152. The van der Waals surface area contributed by atoms with Gasteiger partial charge in [0, 0.05) is 27.8 Å². The molecule has 0 saturated heterocycles. The number of amides is 1. The first-order chi connectivity index (χ1) is 14.8. The van der Waals surface area contributed by atoms with Gasteiger partial charge < -0.3 is 5.32 Å². The molecule has 0 saturated carbocycles. The third kappa shape index (κ3) is 4.67. The van der Waals surface area contributed by atoms with Crippen molar-refractivity contribution in [2.45, 2.75) is 13.1 Å². The average molecular weight is 438 g/mol. The van der Waals surface area contributed by atoms with E-state index in [9.17, 15) is 18.0 Å². The summed E-state index contributed by atoms with van der Waals surface area (Å²) in [4.78, 5) is 17.0. The fourth-order valence-electron chi connectivity index (χ4n) is 3.08. The molecule has 0 atom stereocenters. The van der Waals surface area contributed by atoms with Crippen LogP contribution in [0.15, 0.2) is 78.2 Å². The van der Waals surface area contributed by atoms with Gasteiger partial charge >= 0.3 is 6.18 Å². The summed E-state index contributed by atoms with van der Waals surface area (Å²) in [5, 5.41) is 5.62. The molecule has 0 fully saturated rings. The molecule has 3 aromatic carbocycles. The predicted octanol–water partition coefficient (Wildman–Crippen LogP) is 7.06. The van der Waals surface area contributed by atoms with Crippen molar-refractivity contribution in [2.24, 2.45) is 0 Å². The number of nitrogens with one attached hydrogen (secondary N) is 1. The summed E-state index contributed by atoms with van der Waals surface area (Å²) in [6.45, 7) is 2.05. The van der Waals surface area contributed by atoms with E-state index >= 15 is 0 Å². The number of aryl methyl sites for hydroxylation is 1. The Hall–Kier alpha value is -3.45. The Morgan fingerprint density at radius 3 is 2.26 bits per heavy atom. The molecule has 7 heteroatoms. The van der Waals surface area contributed by atoms with Gasteiger partial charge in [-0.05, 0) is 48.9 Å². The van der Waals surface area contributed by atoms with Crippen LogP contribution in [0.3, 0.4) is 0 Å². The summed E-state index contributed by atoms with van der Waals surface area (Å²) in [5.41, 5.74) is 3.90. The van der Waals surface area contributed by atoms with Crippen molar-refractivity contribution in [3.05, 3.63) is 94.9 Å². The quantitative estimate of drug-likeness (QED) is 0.371. The topological polar surface area (TPSA) is 42.0 Å². The molecule has 31 heavy (non-hydrogen) atoms. The van der Waals surface area contributed by atoms with Crippen LogP contribution in [-0.2, 0) is 6.18 Å². The minimum Gasteiger partial charge on any atom is -0.322 e. The van der Waals surface area contributed by atoms with E-state index in [4.69, 9.17) is 4.98 Å². The summed E-state index contributed by atoms with van der Waals surface area (Å²) in [7, 11) is 0. The van der Waals surface area contributed by atoms with E-state index in [1.807, 2.05) is 48.7 Å². The Labute approximate surface area is 181 Å². The molecule has 1 amide bonds. The smallest absolute Gasteiger partial charge is 0.322 e. The molecule has 0 unspecified atom stereocenters. The van der Waals surface area contributed by atoms with Crippen LogP contribution in [0, 0.1) is 6.92 Å². The van der Waals surface area contributed by atoms with Gasteiger partial charge in [-0.15, -0.1) is 11.3 Å². The number of carbonyl (C=O) groups is 1. The highest BCUT2D eigenvalue weighted by atomic mass is 32.1. The summed E-state index contributed by atoms with van der Waals surface area (Å²) in [6, 6.07) is 19.3. The molecule has 1 aromatic heterocycles. The highest BCUT2D eigenvalue weighted by Gasteiger charge is 2.30. The lowest BCUT2D eigenvalue weighted by Gasteiger charge is -2.09. The zero-order valence-electron chi connectivity index (χ0n) is 16.4. The molecule has 0 spiro atoms. The molecule has 3 nitrogen and oxygen atoms in total. The number of alkyl halides is 3. The number of rotatable bonds is 4. The van der Waals surface area contributed by atoms with Crippen molar-refractivity contribution in [1.29, 1.82) is 0 Å². The van der Waals surface area contributed by atoms with Crippen LogP contribution in [0.4, 0.5) is 18.9 Å². The maximum atomic E-state index is 12.7. The second-order valence-electron chi connectivity index (χ2n) is 6.96. The van der Waals surface area contributed by atoms with E-state index < -0.39 is 17.6 Å². The molecule has 0 bridgehead atoms. The maximum Gasteiger partial charge on any atom is 0.416 e. The Balaban J connectivity index is 1.46. The van der Waals surface area contributed by atoms with E-state index in [2.05, 4.69) is 5.32 Å². The van der Waals surface area contributed by atoms with Crippen molar-refractivity contribution in [2.75, 3.05) is 5.32 Å². The number of hydrogen-bond acceptors (Lipinski definition) is 3. The first-order valence-electron chi connectivity index (χ1n) is 9.42. The first kappa shape index (κ1) is 20.8. The fraction of sp³-hybridized carbons (Fsp3) is 0.0833. The minimum atomic E-state index is -4.43. The predicted molar refractivity (Wildman–Crippen MR) is 117 cm³/mol. The van der Waals surface area contributed by atoms with E-state index in [0.717, 1.165) is 51.7 Å². The normalized spacial score (nSPS) is 11.4. The molecular formula is C24H17F3N2OS. The summed E-state index contributed by atoms with van der Waals surface area (Å²) < 4.78 is 38.0. The van der Waals surface area contributed by atoms with Crippen LogP contribution in [0.5, 0.6) is 0 Å². The number of hydrogen-bond donors (Lipinski definition) is 1. The molecule has 0 aliphatic heterocycles. The van der Waals surface area contributed by atoms with Crippen molar-refractivity contribution in [3.63, 3.8) is 0 Å². The van der Waals surface area contributed by atoms with Gasteiger partial charge in [0.15, 0.2) is 0 Å². The number of thiazole rings is 1. The Morgan fingerprint density at radius 1 is 0.935 bits per heavy atom. The molecule has 4 rings (SSSR count). The number of anilines is 1. The molecule has 4 aromatic rings. The lowest BCUT2D eigenvalue weighted by atomic mass is 10.1. The second-order valence-corrected chi connectivity index (χ2v) is 7.82. The lowest BCUT2D eigenvalue weighted by Crippen LogP contribution is -2.12. The summed E-state index contributed by atoms with van der Waals surface area (Å²) >= 11 is 1.57. The maximum absolute atomic E-state index is 12.7. The number of halogens is 3. The first-order valence-corrected chi connectivity index (χ1v) is 10.3. The molecule has 0 radical (unpaired) electrons. The van der Waals surface area contributed by atoms with Crippen LogP contribution >= 0.6 is 11.3 Å². The molecular weight excluding hydrogens is 421 g/mol. The Morgan fingerprint density at radius 2 is 1.61 bits per heavy atom. The highest BCUT2D eigenvalue weighted by molar-refractivity contribution is 7.13. The fourth-order valence-corrected chi connectivity index (χ4v) is 4.00. The van der Waals surface area contributed by atoms with Gasteiger partial charge in [-0.25, -0.2) is 4.98 Å². The van der Waals surface area contributed by atoms with E-state index in [1.54, 1.807) is 23.5 Å². The van der Waals surface area contributed by atoms with E-state index in [0.29, 0.717) is 5.69 Å². The van der Waals surface area contributed by atoms with Gasteiger partial charge in [-0.2, -0.15) is 13.2 Å². The molecule has 0 aliphatic carbocycles. The average Bonchev–Trinajstić information content (AvgIpc) is 3.24. The number of carbonyl (C=O) groups excluding carboxylic acids is 1. The van der Waals surface area contributed by atoms with Crippen molar-refractivity contribution in [3.8, 4) is 21.8 Å². The third-order valence-corrected chi connectivity index (χ3v) is 5.67. The van der Waals surface area contributed by atoms with Gasteiger partial charge in [0.25, 0.3) is 5.91 Å². The van der Waals surface area contributed by atoms with E-state index in [1.165, 1.54) is 0 Å². The van der Waals surface area contributed by atoms with Crippen molar-refractivity contribution < 1.29 is 18.0 Å². The van der Waals surface area contributed by atoms with Crippen LogP contribution < -0.4 is 5.32 Å². The van der Waals surface area contributed by atoms with Crippen LogP contribution in [0.25, 0.3) is 21.8 Å². The van der Waals surface area contributed by atoms with Gasteiger partial charge in [0.2, 0.25) is 0 Å². The van der Waals surface area contributed by atoms with Gasteiger partial charge in [0.05, 0.1) is 11.3 Å². The largest absolute Gasteiger partial charge is 0.416 e. The van der Waals surface area contributed by atoms with E-state index in [-0.39, 0.29) is 5.56 Å². The van der Waals surface area contributed by atoms with Crippen LogP contribution in [0.1, 0.15) is 21.5 Å². The zero-order chi connectivity index (χ0) is 22.0. The number of nitrogens with zero attached hydrogens (tertiary/aromatic N) is 1. The monoisotopic (exact) mass is 438 g/mol. The SMILES string of the molecule is Cc1ccccc1-c1nc(-c2ccc(NC(=O)c3ccc(C(F)(F)F)cc3)cc2)cs1. The third-order valence-electron chi connectivity index (χ3n) is 4.79. The van der Waals surface area contributed by atoms with Gasteiger partial charge in [-0.1, -0.05) is 36.4 Å². The van der Waals surface area contributed by atoms with Crippen molar-refractivity contribution >= 4 is 22.9 Å². The second kappa shape index (κ2) is 8.35. The molecule has 1 N–H and O–H groups in total. The number of benzene rings is 3. The zero-order valence-corrected chi connectivity index (χ0v) is 17.2. The summed E-state index contributed by atoms with van der Waals surface area (Å²) in [6.07, 6.45) is -4.43. The van der Waals surface area contributed by atoms with Gasteiger partial charge in [-0.3, -0.25) is 4.79 Å². The molecule has 0 aliphatic rings. The van der Waals surface area contributed by atoms with Crippen LogP contribution in [0.2, 0.25) is 0 Å².